The Labute approximate surface area is 182 Å². The molecule has 3 heterocycles. The van der Waals surface area contributed by atoms with Gasteiger partial charge in [0.15, 0.2) is 22.1 Å². The second-order valence-corrected chi connectivity index (χ2v) is 9.44. The second-order valence-electron chi connectivity index (χ2n) is 7.26. The number of hydrogen-bond donors (Lipinski definition) is 2. The molecule has 148 valence electrons. The molecular formula is C19H23IN6OS. The average molecular weight is 510 g/mol. The number of nitrogens with zero attached hydrogens (tertiary/aromatic N) is 4. The normalized spacial score (nSPS) is 14.5. The third-order valence-electron chi connectivity index (χ3n) is 4.63. The van der Waals surface area contributed by atoms with Crippen LogP contribution in [0, 0.1) is 9.49 Å². The lowest BCUT2D eigenvalue weighted by molar-refractivity contribution is 0.356. The fourth-order valence-electron chi connectivity index (χ4n) is 3.18. The van der Waals surface area contributed by atoms with Gasteiger partial charge in [0.2, 0.25) is 0 Å². The van der Waals surface area contributed by atoms with Crippen molar-refractivity contribution in [2.75, 3.05) is 18.9 Å². The SMILES string of the molecule is CC(C)CNC(C)n1c(Sc2cc3c(cc2I)OCC3)nc2c(N)ncnc21. The van der Waals surface area contributed by atoms with Crippen molar-refractivity contribution in [3.05, 3.63) is 27.6 Å². The van der Waals surface area contributed by atoms with E-state index in [-0.39, 0.29) is 6.17 Å². The minimum Gasteiger partial charge on any atom is -0.493 e. The smallest absolute Gasteiger partial charge is 0.176 e. The summed E-state index contributed by atoms with van der Waals surface area (Å²) in [7, 11) is 0. The first-order valence-corrected chi connectivity index (χ1v) is 11.2. The summed E-state index contributed by atoms with van der Waals surface area (Å²) in [4.78, 5) is 14.5. The number of imidazole rings is 1. The average Bonchev–Trinajstić information content (AvgIpc) is 3.24. The summed E-state index contributed by atoms with van der Waals surface area (Å²) in [6, 6.07) is 4.31. The van der Waals surface area contributed by atoms with Gasteiger partial charge in [-0.3, -0.25) is 9.88 Å². The third-order valence-corrected chi connectivity index (χ3v) is 6.91. The van der Waals surface area contributed by atoms with Gasteiger partial charge in [0.25, 0.3) is 0 Å². The molecule has 0 fully saturated rings. The number of fused-ring (bicyclic) bond motifs is 2. The molecule has 1 aliphatic rings. The lowest BCUT2D eigenvalue weighted by atomic mass is 10.2. The van der Waals surface area contributed by atoms with Crippen molar-refractivity contribution in [3.63, 3.8) is 0 Å². The van der Waals surface area contributed by atoms with Gasteiger partial charge in [0.05, 0.1) is 12.8 Å². The number of nitrogens with one attached hydrogen (secondary N) is 1. The molecule has 9 heteroatoms. The van der Waals surface area contributed by atoms with E-state index in [0.29, 0.717) is 17.3 Å². The van der Waals surface area contributed by atoms with E-state index in [1.54, 1.807) is 11.8 Å². The molecule has 0 bridgehead atoms. The minimum atomic E-state index is 0.0274. The molecule has 0 saturated heterocycles. The summed E-state index contributed by atoms with van der Waals surface area (Å²) in [6.07, 6.45) is 2.47. The molecule has 0 amide bonds. The Morgan fingerprint density at radius 3 is 2.93 bits per heavy atom. The second kappa shape index (κ2) is 8.03. The Hall–Kier alpha value is -1.59. The van der Waals surface area contributed by atoms with E-state index < -0.39 is 0 Å². The molecular weight excluding hydrogens is 487 g/mol. The van der Waals surface area contributed by atoms with E-state index in [0.717, 1.165) is 44.6 Å². The molecule has 7 nitrogen and oxygen atoms in total. The molecule has 0 saturated carbocycles. The zero-order chi connectivity index (χ0) is 19.8. The van der Waals surface area contributed by atoms with Crippen LogP contribution in [0.4, 0.5) is 5.82 Å². The van der Waals surface area contributed by atoms with E-state index >= 15 is 0 Å². The van der Waals surface area contributed by atoms with Crippen molar-refractivity contribution in [3.8, 4) is 5.75 Å². The van der Waals surface area contributed by atoms with Gasteiger partial charge in [-0.1, -0.05) is 25.6 Å². The van der Waals surface area contributed by atoms with Crippen molar-refractivity contribution >= 4 is 51.3 Å². The highest BCUT2D eigenvalue weighted by atomic mass is 127. The summed E-state index contributed by atoms with van der Waals surface area (Å²) in [5.41, 5.74) is 8.72. The Morgan fingerprint density at radius 1 is 1.32 bits per heavy atom. The van der Waals surface area contributed by atoms with Crippen LogP contribution in [0.15, 0.2) is 28.5 Å². The lowest BCUT2D eigenvalue weighted by Crippen LogP contribution is -2.28. The zero-order valence-corrected chi connectivity index (χ0v) is 19.0. The zero-order valence-electron chi connectivity index (χ0n) is 16.1. The number of rotatable bonds is 6. The minimum absolute atomic E-state index is 0.0274. The van der Waals surface area contributed by atoms with E-state index in [1.807, 2.05) is 0 Å². The molecule has 0 aliphatic carbocycles. The van der Waals surface area contributed by atoms with Gasteiger partial charge in [0.1, 0.15) is 12.1 Å². The molecule has 0 radical (unpaired) electrons. The number of halogens is 1. The van der Waals surface area contributed by atoms with Gasteiger partial charge in [-0.05, 0) is 59.7 Å². The van der Waals surface area contributed by atoms with Gasteiger partial charge in [0, 0.05) is 14.9 Å². The number of nitrogens with two attached hydrogens (primary N) is 1. The monoisotopic (exact) mass is 510 g/mol. The van der Waals surface area contributed by atoms with Crippen molar-refractivity contribution in [2.24, 2.45) is 5.92 Å². The van der Waals surface area contributed by atoms with Gasteiger partial charge in [-0.2, -0.15) is 0 Å². The maximum Gasteiger partial charge on any atom is 0.176 e. The van der Waals surface area contributed by atoms with Gasteiger partial charge >= 0.3 is 0 Å². The van der Waals surface area contributed by atoms with Crippen molar-refractivity contribution in [2.45, 2.75) is 43.4 Å². The fourth-order valence-corrected chi connectivity index (χ4v) is 4.98. The summed E-state index contributed by atoms with van der Waals surface area (Å²) in [6.45, 7) is 8.15. The Kier molecular flexibility index (Phi) is 5.66. The van der Waals surface area contributed by atoms with Crippen LogP contribution >= 0.6 is 34.4 Å². The van der Waals surface area contributed by atoms with Gasteiger partial charge in [-0.25, -0.2) is 15.0 Å². The number of nitrogen functional groups attached to an aromatic ring is 1. The van der Waals surface area contributed by atoms with E-state index in [2.05, 4.69) is 75.3 Å². The Morgan fingerprint density at radius 2 is 2.14 bits per heavy atom. The van der Waals surface area contributed by atoms with Crippen LogP contribution in [-0.4, -0.2) is 32.7 Å². The highest BCUT2D eigenvalue weighted by Crippen LogP contribution is 2.39. The van der Waals surface area contributed by atoms with Crippen molar-refractivity contribution < 1.29 is 4.74 Å². The highest BCUT2D eigenvalue weighted by molar-refractivity contribution is 14.1. The lowest BCUT2D eigenvalue weighted by Gasteiger charge is -2.19. The number of ether oxygens (including phenoxy) is 1. The molecule has 1 atom stereocenters. The van der Waals surface area contributed by atoms with Gasteiger partial charge < -0.3 is 10.5 Å². The Balaban J connectivity index is 1.76. The third kappa shape index (κ3) is 3.79. The molecule has 1 aromatic carbocycles. The number of anilines is 1. The summed E-state index contributed by atoms with van der Waals surface area (Å²) in [5.74, 6) is 1.94. The molecule has 2 aromatic heterocycles. The van der Waals surface area contributed by atoms with E-state index in [1.165, 1.54) is 11.9 Å². The first-order valence-electron chi connectivity index (χ1n) is 9.29. The van der Waals surface area contributed by atoms with Crippen LogP contribution in [0.3, 0.4) is 0 Å². The fraction of sp³-hybridized carbons (Fsp3) is 0.421. The predicted octanol–water partition coefficient (Wildman–Crippen LogP) is 3.86. The quantitative estimate of drug-likeness (QED) is 0.487. The first-order chi connectivity index (χ1) is 13.4. The van der Waals surface area contributed by atoms with Crippen molar-refractivity contribution in [1.29, 1.82) is 0 Å². The molecule has 1 aliphatic heterocycles. The van der Waals surface area contributed by atoms with E-state index in [4.69, 9.17) is 15.5 Å². The van der Waals surface area contributed by atoms with Crippen LogP contribution in [-0.2, 0) is 6.42 Å². The van der Waals surface area contributed by atoms with Crippen LogP contribution in [0.5, 0.6) is 5.75 Å². The summed E-state index contributed by atoms with van der Waals surface area (Å²) >= 11 is 3.98. The number of hydrogen-bond acceptors (Lipinski definition) is 7. The van der Waals surface area contributed by atoms with Crippen molar-refractivity contribution in [1.82, 2.24) is 24.8 Å². The molecule has 1 unspecified atom stereocenters. The highest BCUT2D eigenvalue weighted by Gasteiger charge is 2.22. The molecule has 4 rings (SSSR count). The van der Waals surface area contributed by atoms with Crippen LogP contribution in [0.1, 0.15) is 32.5 Å². The summed E-state index contributed by atoms with van der Waals surface area (Å²) in [5, 5.41) is 4.41. The van der Waals surface area contributed by atoms with Crippen LogP contribution in [0.25, 0.3) is 11.2 Å². The standard InChI is InChI=1S/C19H23IN6OS/c1-10(2)8-22-11(3)26-18-16(17(21)23-9-24-18)25-19(26)28-15-6-12-4-5-27-14(12)7-13(15)20/h6-7,9-11,22H,4-5,8H2,1-3H3,(H2,21,23,24). The first kappa shape index (κ1) is 19.7. The van der Waals surface area contributed by atoms with E-state index in [9.17, 15) is 0 Å². The Bertz CT molecular complexity index is 1020. The van der Waals surface area contributed by atoms with Crippen LogP contribution < -0.4 is 15.8 Å². The maximum absolute atomic E-state index is 6.08. The maximum atomic E-state index is 6.08. The number of aromatic nitrogens is 4. The largest absolute Gasteiger partial charge is 0.493 e. The topological polar surface area (TPSA) is 90.9 Å². The molecule has 28 heavy (non-hydrogen) atoms. The molecule has 3 aromatic rings. The molecule has 0 spiro atoms. The molecule has 3 N–H and O–H groups in total. The van der Waals surface area contributed by atoms with Gasteiger partial charge in [-0.15, -0.1) is 0 Å². The summed E-state index contributed by atoms with van der Waals surface area (Å²) < 4.78 is 8.94. The number of benzene rings is 1. The van der Waals surface area contributed by atoms with Crippen LogP contribution in [0.2, 0.25) is 0 Å². The predicted molar refractivity (Wildman–Crippen MR) is 120 cm³/mol.